The van der Waals surface area contributed by atoms with E-state index >= 15 is 0 Å². The molecule has 2 nitrogen and oxygen atoms in total. The van der Waals surface area contributed by atoms with Crippen molar-refractivity contribution in [1.29, 1.82) is 0 Å². The molecule has 0 aliphatic carbocycles. The Hall–Kier alpha value is -1.75. The fourth-order valence-corrected chi connectivity index (χ4v) is 1.58. The fraction of sp³-hybridized carbons (Fsp3) is 0.0833. The summed E-state index contributed by atoms with van der Waals surface area (Å²) in [7, 11) is 0. The first kappa shape index (κ1) is 12.7. The molecule has 0 bridgehead atoms. The van der Waals surface area contributed by atoms with Crippen molar-refractivity contribution in [3.05, 3.63) is 58.5 Å². The van der Waals surface area contributed by atoms with Crippen LogP contribution >= 0.6 is 11.6 Å². The smallest absolute Gasteiger partial charge is 0.168 e. The van der Waals surface area contributed by atoms with Crippen molar-refractivity contribution in [2.75, 3.05) is 5.32 Å². The number of benzene rings is 1. The van der Waals surface area contributed by atoms with Crippen LogP contribution in [-0.2, 0) is 6.54 Å². The molecule has 0 fully saturated rings. The molecular formula is C12H8ClF3N2. The Morgan fingerprint density at radius 1 is 1.11 bits per heavy atom. The largest absolute Gasteiger partial charge is 0.364 e. The molecule has 0 radical (unpaired) electrons. The average molecular weight is 273 g/mol. The lowest BCUT2D eigenvalue weighted by atomic mass is 10.2. The zero-order chi connectivity index (χ0) is 13.1. The first-order valence-corrected chi connectivity index (χ1v) is 5.43. The van der Waals surface area contributed by atoms with E-state index in [0.717, 1.165) is 12.3 Å². The Kier molecular flexibility index (Phi) is 3.72. The van der Waals surface area contributed by atoms with Gasteiger partial charge in [-0.1, -0.05) is 17.7 Å². The average Bonchev–Trinajstić information content (AvgIpc) is 2.32. The van der Waals surface area contributed by atoms with Crippen molar-refractivity contribution in [2.24, 2.45) is 0 Å². The highest BCUT2D eigenvalue weighted by atomic mass is 35.5. The molecule has 18 heavy (non-hydrogen) atoms. The number of rotatable bonds is 3. The van der Waals surface area contributed by atoms with Gasteiger partial charge in [0.15, 0.2) is 11.6 Å². The topological polar surface area (TPSA) is 24.9 Å². The van der Waals surface area contributed by atoms with Gasteiger partial charge in [-0.25, -0.2) is 18.2 Å². The van der Waals surface area contributed by atoms with E-state index in [4.69, 9.17) is 11.6 Å². The van der Waals surface area contributed by atoms with Crippen LogP contribution in [0.25, 0.3) is 0 Å². The van der Waals surface area contributed by atoms with Crippen molar-refractivity contribution in [2.45, 2.75) is 6.54 Å². The van der Waals surface area contributed by atoms with E-state index in [2.05, 4.69) is 10.3 Å². The predicted octanol–water partition coefficient (Wildman–Crippen LogP) is 3.76. The molecule has 2 aromatic rings. The van der Waals surface area contributed by atoms with Crippen molar-refractivity contribution in [3.8, 4) is 0 Å². The van der Waals surface area contributed by atoms with Gasteiger partial charge in [0.25, 0.3) is 0 Å². The zero-order valence-electron chi connectivity index (χ0n) is 9.05. The molecule has 0 unspecified atom stereocenters. The van der Waals surface area contributed by atoms with E-state index in [1.54, 1.807) is 0 Å². The molecular weight excluding hydrogens is 265 g/mol. The third-order valence-electron chi connectivity index (χ3n) is 2.25. The van der Waals surface area contributed by atoms with E-state index < -0.39 is 17.5 Å². The predicted molar refractivity (Wildman–Crippen MR) is 62.9 cm³/mol. The van der Waals surface area contributed by atoms with E-state index in [1.807, 2.05) is 0 Å². The second kappa shape index (κ2) is 5.27. The highest BCUT2D eigenvalue weighted by Crippen LogP contribution is 2.17. The molecule has 0 aliphatic rings. The summed E-state index contributed by atoms with van der Waals surface area (Å²) < 4.78 is 38.8. The van der Waals surface area contributed by atoms with Crippen molar-refractivity contribution >= 4 is 17.4 Å². The normalized spacial score (nSPS) is 10.4. The summed E-state index contributed by atoms with van der Waals surface area (Å²) in [5.41, 5.74) is 0.659. The molecule has 0 atom stereocenters. The number of nitrogens with zero attached hydrogens (tertiary/aromatic N) is 1. The number of hydrogen-bond acceptors (Lipinski definition) is 2. The number of nitrogens with one attached hydrogen (secondary N) is 1. The number of hydrogen-bond donors (Lipinski definition) is 1. The molecule has 1 N–H and O–H groups in total. The Balaban J connectivity index is 2.09. The lowest BCUT2D eigenvalue weighted by Crippen LogP contribution is -2.04. The molecule has 1 aromatic heterocycles. The van der Waals surface area contributed by atoms with Crippen LogP contribution in [0, 0.1) is 17.5 Å². The molecule has 6 heteroatoms. The molecule has 0 aliphatic heterocycles. The summed E-state index contributed by atoms with van der Waals surface area (Å²) in [5.74, 6) is -2.13. The van der Waals surface area contributed by atoms with E-state index in [1.165, 1.54) is 18.2 Å². The van der Waals surface area contributed by atoms with Crippen LogP contribution in [0.5, 0.6) is 0 Å². The first-order valence-electron chi connectivity index (χ1n) is 5.05. The third kappa shape index (κ3) is 2.92. The summed E-state index contributed by atoms with van der Waals surface area (Å²) >= 11 is 5.61. The Morgan fingerprint density at radius 2 is 1.89 bits per heavy atom. The summed E-state index contributed by atoms with van der Waals surface area (Å²) in [6.45, 7) is 0.204. The number of pyridine rings is 1. The molecule has 1 heterocycles. The van der Waals surface area contributed by atoms with E-state index in [0.29, 0.717) is 5.56 Å². The van der Waals surface area contributed by atoms with Gasteiger partial charge in [-0.05, 0) is 17.7 Å². The van der Waals surface area contributed by atoms with Crippen LogP contribution in [0.1, 0.15) is 5.56 Å². The van der Waals surface area contributed by atoms with Gasteiger partial charge < -0.3 is 5.32 Å². The van der Waals surface area contributed by atoms with Crippen molar-refractivity contribution in [1.82, 2.24) is 4.98 Å². The molecule has 1 aromatic carbocycles. The Labute approximate surface area is 106 Å². The molecule has 0 saturated carbocycles. The summed E-state index contributed by atoms with van der Waals surface area (Å²) in [6.07, 6.45) is 0.906. The van der Waals surface area contributed by atoms with Gasteiger partial charge >= 0.3 is 0 Å². The molecule has 0 amide bonds. The molecule has 0 spiro atoms. The van der Waals surface area contributed by atoms with Crippen LogP contribution in [-0.4, -0.2) is 4.98 Å². The van der Waals surface area contributed by atoms with Crippen molar-refractivity contribution < 1.29 is 13.2 Å². The lowest BCUT2D eigenvalue weighted by molar-refractivity contribution is 0.575. The van der Waals surface area contributed by atoms with Crippen LogP contribution in [0.3, 0.4) is 0 Å². The number of halogens is 4. The maximum atomic E-state index is 13.2. The fourth-order valence-electron chi connectivity index (χ4n) is 1.38. The van der Waals surface area contributed by atoms with Crippen molar-refractivity contribution in [3.63, 3.8) is 0 Å². The van der Waals surface area contributed by atoms with Gasteiger partial charge in [0, 0.05) is 12.6 Å². The van der Waals surface area contributed by atoms with Gasteiger partial charge in [-0.15, -0.1) is 0 Å². The maximum Gasteiger partial charge on any atom is 0.168 e. The van der Waals surface area contributed by atoms with E-state index in [-0.39, 0.29) is 17.4 Å². The zero-order valence-corrected chi connectivity index (χ0v) is 9.81. The monoisotopic (exact) mass is 272 g/mol. The molecule has 2 rings (SSSR count). The van der Waals surface area contributed by atoms with Gasteiger partial charge in [0.1, 0.15) is 11.6 Å². The summed E-state index contributed by atoms with van der Waals surface area (Å²) in [6, 6.07) is 4.88. The minimum Gasteiger partial charge on any atom is -0.364 e. The Morgan fingerprint density at radius 3 is 2.56 bits per heavy atom. The van der Waals surface area contributed by atoms with Gasteiger partial charge in [0.2, 0.25) is 0 Å². The second-order valence-electron chi connectivity index (χ2n) is 3.59. The SMILES string of the molecule is Fc1cnc(NCc2ccc(F)c(Cl)c2)c(F)c1. The molecule has 94 valence electrons. The lowest BCUT2D eigenvalue weighted by Gasteiger charge is -2.07. The highest BCUT2D eigenvalue weighted by molar-refractivity contribution is 6.30. The molecule has 0 saturated heterocycles. The summed E-state index contributed by atoms with van der Waals surface area (Å²) in [4.78, 5) is 3.56. The van der Waals surface area contributed by atoms with Crippen LogP contribution in [0.15, 0.2) is 30.5 Å². The third-order valence-corrected chi connectivity index (χ3v) is 2.54. The van der Waals surface area contributed by atoms with Crippen LogP contribution < -0.4 is 5.32 Å². The van der Waals surface area contributed by atoms with E-state index in [9.17, 15) is 13.2 Å². The summed E-state index contributed by atoms with van der Waals surface area (Å²) in [5, 5.41) is 2.66. The second-order valence-corrected chi connectivity index (χ2v) is 3.99. The first-order chi connectivity index (χ1) is 8.56. The van der Waals surface area contributed by atoms with Gasteiger partial charge in [0.05, 0.1) is 11.2 Å². The van der Waals surface area contributed by atoms with Gasteiger partial charge in [-0.2, -0.15) is 0 Å². The minimum absolute atomic E-state index is 0.0122. The van der Waals surface area contributed by atoms with Gasteiger partial charge in [-0.3, -0.25) is 0 Å². The van der Waals surface area contributed by atoms with Crippen LogP contribution in [0.4, 0.5) is 19.0 Å². The number of aromatic nitrogens is 1. The maximum absolute atomic E-state index is 13.2. The quantitative estimate of drug-likeness (QED) is 0.920. The number of anilines is 1. The minimum atomic E-state index is -0.789. The Bertz CT molecular complexity index is 575. The van der Waals surface area contributed by atoms with Crippen LogP contribution in [0.2, 0.25) is 5.02 Å². The highest BCUT2D eigenvalue weighted by Gasteiger charge is 2.06. The standard InChI is InChI=1S/C12H8ClF3N2/c13-9-3-7(1-2-10(9)15)5-17-12-11(16)4-8(14)6-18-12/h1-4,6H,5H2,(H,17,18).